The second-order valence-corrected chi connectivity index (χ2v) is 8.00. The van der Waals surface area contributed by atoms with Crippen LogP contribution in [0.25, 0.3) is 0 Å². The van der Waals surface area contributed by atoms with E-state index in [9.17, 15) is 4.79 Å². The van der Waals surface area contributed by atoms with Gasteiger partial charge in [-0.05, 0) is 18.4 Å². The van der Waals surface area contributed by atoms with E-state index in [2.05, 4.69) is 15.3 Å². The van der Waals surface area contributed by atoms with E-state index in [0.717, 1.165) is 41.8 Å². The minimum atomic E-state index is 0.118. The standard InChI is InChI=1S/C16H19N3O2S2/c1-11-17-12(10-23-11)7-18-4-5-21-14-9-19(8-13(14)18)16(20)15-3-2-6-22-15/h2-3,6,10,13-14H,4-5,7-9H2,1H3/t13-,14+/m1/s1. The third kappa shape index (κ3) is 3.06. The number of rotatable bonds is 3. The number of likely N-dealkylation sites (tertiary alicyclic amines) is 1. The average Bonchev–Trinajstić information content (AvgIpc) is 3.26. The van der Waals surface area contributed by atoms with Crippen molar-refractivity contribution in [1.82, 2.24) is 14.8 Å². The first-order chi connectivity index (χ1) is 11.2. The van der Waals surface area contributed by atoms with Crippen LogP contribution in [0.3, 0.4) is 0 Å². The van der Waals surface area contributed by atoms with E-state index in [4.69, 9.17) is 4.74 Å². The molecule has 4 rings (SSSR count). The Hall–Kier alpha value is -1.28. The lowest BCUT2D eigenvalue weighted by Crippen LogP contribution is -2.50. The molecular weight excluding hydrogens is 330 g/mol. The summed E-state index contributed by atoms with van der Waals surface area (Å²) in [7, 11) is 0. The highest BCUT2D eigenvalue weighted by Gasteiger charge is 2.42. The predicted molar refractivity (Wildman–Crippen MR) is 91.0 cm³/mol. The smallest absolute Gasteiger partial charge is 0.264 e. The highest BCUT2D eigenvalue weighted by Crippen LogP contribution is 2.26. The second kappa shape index (κ2) is 6.32. The summed E-state index contributed by atoms with van der Waals surface area (Å²) >= 11 is 3.19. The lowest BCUT2D eigenvalue weighted by molar-refractivity contribution is -0.0507. The minimum Gasteiger partial charge on any atom is -0.373 e. The number of thiophene rings is 1. The Bertz CT molecular complexity index is 685. The molecule has 0 spiro atoms. The van der Waals surface area contributed by atoms with Crippen molar-refractivity contribution in [3.63, 3.8) is 0 Å². The molecule has 0 aromatic carbocycles. The summed E-state index contributed by atoms with van der Waals surface area (Å²) in [6.45, 7) is 5.94. The van der Waals surface area contributed by atoms with E-state index in [1.807, 2.05) is 29.3 Å². The zero-order valence-corrected chi connectivity index (χ0v) is 14.6. The third-order valence-corrected chi connectivity index (χ3v) is 6.15. The number of hydrogen-bond acceptors (Lipinski definition) is 6. The first kappa shape index (κ1) is 15.3. The topological polar surface area (TPSA) is 45.7 Å². The number of aryl methyl sites for hydroxylation is 1. The average molecular weight is 349 g/mol. The van der Waals surface area contributed by atoms with Gasteiger partial charge in [-0.25, -0.2) is 4.98 Å². The predicted octanol–water partition coefficient (Wildman–Crippen LogP) is 2.24. The van der Waals surface area contributed by atoms with Gasteiger partial charge in [0.15, 0.2) is 0 Å². The Morgan fingerprint density at radius 1 is 1.43 bits per heavy atom. The number of morpholine rings is 1. The van der Waals surface area contributed by atoms with Crippen LogP contribution in [-0.2, 0) is 11.3 Å². The molecule has 2 saturated heterocycles. The normalized spacial score (nSPS) is 24.8. The van der Waals surface area contributed by atoms with E-state index in [1.54, 1.807) is 11.3 Å². The lowest BCUT2D eigenvalue weighted by atomic mass is 10.1. The van der Waals surface area contributed by atoms with Gasteiger partial charge in [-0.2, -0.15) is 0 Å². The van der Waals surface area contributed by atoms with Crippen LogP contribution in [-0.4, -0.2) is 59.1 Å². The highest BCUT2D eigenvalue weighted by atomic mass is 32.1. The van der Waals surface area contributed by atoms with Crippen LogP contribution in [0.4, 0.5) is 0 Å². The van der Waals surface area contributed by atoms with Gasteiger partial charge in [-0.15, -0.1) is 22.7 Å². The number of hydrogen-bond donors (Lipinski definition) is 0. The van der Waals surface area contributed by atoms with E-state index >= 15 is 0 Å². The summed E-state index contributed by atoms with van der Waals surface area (Å²) in [6.07, 6.45) is 0.118. The van der Waals surface area contributed by atoms with Crippen LogP contribution < -0.4 is 0 Å². The number of thiazole rings is 1. The molecule has 122 valence electrons. The van der Waals surface area contributed by atoms with Crippen molar-refractivity contribution < 1.29 is 9.53 Å². The molecule has 2 aliphatic heterocycles. The number of nitrogens with zero attached hydrogens (tertiary/aromatic N) is 3. The Morgan fingerprint density at radius 3 is 3.09 bits per heavy atom. The molecule has 2 fully saturated rings. The summed E-state index contributed by atoms with van der Waals surface area (Å²) in [6, 6.07) is 4.09. The van der Waals surface area contributed by atoms with Gasteiger partial charge in [0, 0.05) is 31.6 Å². The summed E-state index contributed by atoms with van der Waals surface area (Å²) < 4.78 is 5.92. The van der Waals surface area contributed by atoms with Crippen LogP contribution in [0.1, 0.15) is 20.4 Å². The molecule has 0 radical (unpaired) electrons. The number of fused-ring (bicyclic) bond motifs is 1. The number of ether oxygens (including phenoxy) is 1. The number of carbonyl (C=O) groups is 1. The van der Waals surface area contributed by atoms with Gasteiger partial charge in [0.1, 0.15) is 0 Å². The van der Waals surface area contributed by atoms with Crippen molar-refractivity contribution in [1.29, 1.82) is 0 Å². The maximum Gasteiger partial charge on any atom is 0.264 e. The molecule has 23 heavy (non-hydrogen) atoms. The van der Waals surface area contributed by atoms with Gasteiger partial charge >= 0.3 is 0 Å². The van der Waals surface area contributed by atoms with Gasteiger partial charge in [0.2, 0.25) is 0 Å². The zero-order valence-electron chi connectivity index (χ0n) is 13.0. The van der Waals surface area contributed by atoms with E-state index < -0.39 is 0 Å². The molecule has 5 nitrogen and oxygen atoms in total. The molecule has 1 amide bonds. The van der Waals surface area contributed by atoms with Crippen molar-refractivity contribution in [3.05, 3.63) is 38.5 Å². The Kier molecular flexibility index (Phi) is 4.19. The fourth-order valence-corrected chi connectivity index (χ4v) is 4.66. The van der Waals surface area contributed by atoms with Crippen molar-refractivity contribution in [3.8, 4) is 0 Å². The van der Waals surface area contributed by atoms with Gasteiger partial charge in [0.25, 0.3) is 5.91 Å². The molecule has 0 N–H and O–H groups in total. The molecule has 2 atom stereocenters. The summed E-state index contributed by atoms with van der Waals surface area (Å²) in [5.41, 5.74) is 1.12. The minimum absolute atomic E-state index is 0.118. The Balaban J connectivity index is 1.47. The number of aromatic nitrogens is 1. The summed E-state index contributed by atoms with van der Waals surface area (Å²) in [5.74, 6) is 0.127. The monoisotopic (exact) mass is 349 g/mol. The SMILES string of the molecule is Cc1nc(CN2CCO[C@H]3CN(C(=O)c4cccs4)C[C@H]32)cs1. The molecule has 0 saturated carbocycles. The van der Waals surface area contributed by atoms with Gasteiger partial charge in [-0.3, -0.25) is 9.69 Å². The lowest BCUT2D eigenvalue weighted by Gasteiger charge is -2.36. The molecule has 0 unspecified atom stereocenters. The molecule has 7 heteroatoms. The maximum absolute atomic E-state index is 12.6. The van der Waals surface area contributed by atoms with Crippen LogP contribution in [0, 0.1) is 6.92 Å². The van der Waals surface area contributed by atoms with Crippen molar-refractivity contribution in [2.75, 3.05) is 26.2 Å². The van der Waals surface area contributed by atoms with E-state index in [0.29, 0.717) is 6.54 Å². The van der Waals surface area contributed by atoms with Crippen LogP contribution in [0.2, 0.25) is 0 Å². The second-order valence-electron chi connectivity index (χ2n) is 5.99. The molecule has 0 aliphatic carbocycles. The van der Waals surface area contributed by atoms with Gasteiger partial charge < -0.3 is 9.64 Å². The summed E-state index contributed by atoms with van der Waals surface area (Å²) in [5, 5.41) is 5.18. The molecular formula is C16H19N3O2S2. The van der Waals surface area contributed by atoms with Crippen molar-refractivity contribution in [2.24, 2.45) is 0 Å². The first-order valence-corrected chi connectivity index (χ1v) is 9.56. The van der Waals surface area contributed by atoms with E-state index in [-0.39, 0.29) is 18.1 Å². The van der Waals surface area contributed by atoms with Crippen LogP contribution in [0.5, 0.6) is 0 Å². The fourth-order valence-electron chi connectivity index (χ4n) is 3.37. The fraction of sp³-hybridized carbons (Fsp3) is 0.500. The molecule has 0 bridgehead atoms. The van der Waals surface area contributed by atoms with Gasteiger partial charge in [0.05, 0.1) is 34.3 Å². The largest absolute Gasteiger partial charge is 0.373 e. The van der Waals surface area contributed by atoms with Crippen molar-refractivity contribution in [2.45, 2.75) is 25.6 Å². The van der Waals surface area contributed by atoms with E-state index in [1.165, 1.54) is 11.3 Å². The van der Waals surface area contributed by atoms with Crippen LogP contribution in [0.15, 0.2) is 22.9 Å². The molecule has 2 aliphatic rings. The Morgan fingerprint density at radius 2 is 2.35 bits per heavy atom. The number of amides is 1. The van der Waals surface area contributed by atoms with Crippen LogP contribution >= 0.6 is 22.7 Å². The summed E-state index contributed by atoms with van der Waals surface area (Å²) in [4.78, 5) is 22.3. The Labute approximate surface area is 143 Å². The molecule has 4 heterocycles. The maximum atomic E-state index is 12.6. The highest BCUT2D eigenvalue weighted by molar-refractivity contribution is 7.12. The van der Waals surface area contributed by atoms with Gasteiger partial charge in [-0.1, -0.05) is 6.07 Å². The number of carbonyl (C=O) groups excluding carboxylic acids is 1. The zero-order chi connectivity index (χ0) is 15.8. The molecule has 2 aromatic heterocycles. The molecule has 2 aromatic rings. The first-order valence-electron chi connectivity index (χ1n) is 7.80. The van der Waals surface area contributed by atoms with Crippen molar-refractivity contribution >= 4 is 28.6 Å². The quantitative estimate of drug-likeness (QED) is 0.853. The third-order valence-electron chi connectivity index (χ3n) is 4.47.